The fourth-order valence-corrected chi connectivity index (χ4v) is 2.79. The zero-order valence-electron chi connectivity index (χ0n) is 11.4. The first-order valence-corrected chi connectivity index (χ1v) is 6.74. The summed E-state index contributed by atoms with van der Waals surface area (Å²) in [6, 6.07) is 6.20. The van der Waals surface area contributed by atoms with E-state index in [9.17, 15) is 4.79 Å². The molecular formula is C15H17N3O2. The van der Waals surface area contributed by atoms with E-state index in [0.717, 1.165) is 18.5 Å². The van der Waals surface area contributed by atoms with Crippen molar-refractivity contribution in [1.82, 2.24) is 9.55 Å². The van der Waals surface area contributed by atoms with Crippen LogP contribution in [-0.4, -0.2) is 22.6 Å². The highest BCUT2D eigenvalue weighted by molar-refractivity contribution is 5.92. The van der Waals surface area contributed by atoms with Crippen molar-refractivity contribution in [3.05, 3.63) is 41.3 Å². The number of imidazole rings is 1. The Morgan fingerprint density at radius 1 is 1.35 bits per heavy atom. The molecule has 0 aliphatic heterocycles. The van der Waals surface area contributed by atoms with Crippen LogP contribution >= 0.6 is 0 Å². The molecule has 1 aromatic carbocycles. The third-order valence-electron chi connectivity index (χ3n) is 3.81. The lowest BCUT2D eigenvalue weighted by atomic mass is 9.90. The largest absolute Gasteiger partial charge is 0.464 e. The van der Waals surface area contributed by atoms with Crippen molar-refractivity contribution in [3.8, 4) is 5.69 Å². The monoisotopic (exact) mass is 271 g/mol. The average molecular weight is 271 g/mol. The minimum atomic E-state index is -0.508. The Morgan fingerprint density at radius 3 is 2.95 bits per heavy atom. The van der Waals surface area contributed by atoms with Crippen LogP contribution in [0.25, 0.3) is 5.69 Å². The standard InChI is InChI=1S/C15H17N3O2/c1-20-15(19)13-14(16)18(9-17-13)12-8-4-6-10-5-2-3-7-11(10)12/h4,6,8-9H,2-3,5,7,16H2,1H3. The zero-order valence-corrected chi connectivity index (χ0v) is 11.4. The molecule has 0 saturated heterocycles. The number of hydrogen-bond acceptors (Lipinski definition) is 4. The first kappa shape index (κ1) is 12.7. The van der Waals surface area contributed by atoms with Crippen molar-refractivity contribution in [2.45, 2.75) is 25.7 Å². The normalized spacial score (nSPS) is 13.8. The van der Waals surface area contributed by atoms with Gasteiger partial charge in [0.1, 0.15) is 12.1 Å². The Balaban J connectivity index is 2.10. The second-order valence-electron chi connectivity index (χ2n) is 4.96. The Bertz CT molecular complexity index is 661. The van der Waals surface area contributed by atoms with Gasteiger partial charge in [0.2, 0.25) is 0 Å². The number of nitrogen functional groups attached to an aromatic ring is 1. The van der Waals surface area contributed by atoms with Crippen LogP contribution in [0.4, 0.5) is 5.82 Å². The number of aromatic nitrogens is 2. The maximum Gasteiger partial charge on any atom is 0.360 e. The highest BCUT2D eigenvalue weighted by Crippen LogP contribution is 2.29. The van der Waals surface area contributed by atoms with Crippen molar-refractivity contribution in [2.24, 2.45) is 0 Å². The van der Waals surface area contributed by atoms with Gasteiger partial charge < -0.3 is 10.5 Å². The van der Waals surface area contributed by atoms with Crippen LogP contribution in [0, 0.1) is 0 Å². The summed E-state index contributed by atoms with van der Waals surface area (Å²) in [6.07, 6.45) is 6.13. The van der Waals surface area contributed by atoms with Gasteiger partial charge in [0, 0.05) is 0 Å². The predicted molar refractivity (Wildman–Crippen MR) is 76.0 cm³/mol. The van der Waals surface area contributed by atoms with Crippen LogP contribution in [0.1, 0.15) is 34.5 Å². The number of benzene rings is 1. The molecule has 1 aromatic heterocycles. The van der Waals surface area contributed by atoms with Gasteiger partial charge >= 0.3 is 5.97 Å². The van der Waals surface area contributed by atoms with E-state index in [2.05, 4.69) is 15.8 Å². The van der Waals surface area contributed by atoms with Gasteiger partial charge in [-0.2, -0.15) is 0 Å². The predicted octanol–water partition coefficient (Wildman–Crippen LogP) is 2.12. The van der Waals surface area contributed by atoms with Crippen LogP contribution < -0.4 is 5.73 Å². The van der Waals surface area contributed by atoms with E-state index < -0.39 is 5.97 Å². The first-order chi connectivity index (χ1) is 9.72. The number of nitrogens with zero attached hydrogens (tertiary/aromatic N) is 2. The van der Waals surface area contributed by atoms with Gasteiger partial charge in [-0.15, -0.1) is 0 Å². The second kappa shape index (κ2) is 5.00. The van der Waals surface area contributed by atoms with Gasteiger partial charge in [-0.25, -0.2) is 9.78 Å². The Labute approximate surface area is 117 Å². The molecule has 0 bridgehead atoms. The van der Waals surface area contributed by atoms with Crippen molar-refractivity contribution in [3.63, 3.8) is 0 Å². The van der Waals surface area contributed by atoms with E-state index in [0.29, 0.717) is 5.82 Å². The third-order valence-corrected chi connectivity index (χ3v) is 3.81. The molecule has 20 heavy (non-hydrogen) atoms. The number of carbonyl (C=O) groups is 1. The van der Waals surface area contributed by atoms with E-state index in [1.165, 1.54) is 31.1 Å². The van der Waals surface area contributed by atoms with Crippen molar-refractivity contribution < 1.29 is 9.53 Å². The molecule has 3 rings (SSSR count). The summed E-state index contributed by atoms with van der Waals surface area (Å²) >= 11 is 0. The molecule has 2 N–H and O–H groups in total. The van der Waals surface area contributed by atoms with E-state index in [1.54, 1.807) is 10.9 Å². The minimum Gasteiger partial charge on any atom is -0.464 e. The maximum absolute atomic E-state index is 11.6. The third kappa shape index (κ3) is 1.95. The summed E-state index contributed by atoms with van der Waals surface area (Å²) in [6.45, 7) is 0. The fourth-order valence-electron chi connectivity index (χ4n) is 2.79. The smallest absolute Gasteiger partial charge is 0.360 e. The summed E-state index contributed by atoms with van der Waals surface area (Å²) in [5.41, 5.74) is 9.90. The number of aryl methyl sites for hydroxylation is 1. The lowest BCUT2D eigenvalue weighted by molar-refractivity contribution is 0.0596. The van der Waals surface area contributed by atoms with Crippen molar-refractivity contribution in [2.75, 3.05) is 12.8 Å². The van der Waals surface area contributed by atoms with Gasteiger partial charge in [-0.1, -0.05) is 12.1 Å². The van der Waals surface area contributed by atoms with Gasteiger partial charge in [0.25, 0.3) is 0 Å². The molecule has 1 heterocycles. The number of esters is 1. The number of nitrogens with two attached hydrogens (primary N) is 1. The van der Waals surface area contributed by atoms with E-state index >= 15 is 0 Å². The quantitative estimate of drug-likeness (QED) is 0.849. The lowest BCUT2D eigenvalue weighted by Gasteiger charge is -2.20. The maximum atomic E-state index is 11.6. The van der Waals surface area contributed by atoms with Crippen LogP contribution in [0.2, 0.25) is 0 Å². The van der Waals surface area contributed by atoms with Crippen molar-refractivity contribution in [1.29, 1.82) is 0 Å². The van der Waals surface area contributed by atoms with Gasteiger partial charge in [0.05, 0.1) is 12.8 Å². The molecule has 0 saturated carbocycles. The second-order valence-corrected chi connectivity index (χ2v) is 4.96. The van der Waals surface area contributed by atoms with Gasteiger partial charge in [0.15, 0.2) is 5.69 Å². The number of rotatable bonds is 2. The molecule has 1 aliphatic rings. The summed E-state index contributed by atoms with van der Waals surface area (Å²) in [5, 5.41) is 0. The average Bonchev–Trinajstić information content (AvgIpc) is 2.87. The Hall–Kier alpha value is -2.30. The molecule has 5 heteroatoms. The summed E-state index contributed by atoms with van der Waals surface area (Å²) in [7, 11) is 1.32. The molecule has 0 atom stereocenters. The van der Waals surface area contributed by atoms with E-state index in [4.69, 9.17) is 5.73 Å². The van der Waals surface area contributed by atoms with E-state index in [-0.39, 0.29) is 5.69 Å². The van der Waals surface area contributed by atoms with Crippen LogP contribution in [0.3, 0.4) is 0 Å². The van der Waals surface area contributed by atoms with Crippen LogP contribution in [0.15, 0.2) is 24.5 Å². The number of methoxy groups -OCH3 is 1. The van der Waals surface area contributed by atoms with Gasteiger partial charge in [-0.05, 0) is 42.9 Å². The molecule has 5 nitrogen and oxygen atoms in total. The number of hydrogen-bond donors (Lipinski definition) is 1. The zero-order chi connectivity index (χ0) is 14.1. The fraction of sp³-hybridized carbons (Fsp3) is 0.333. The number of carbonyl (C=O) groups excluding carboxylic acids is 1. The van der Waals surface area contributed by atoms with Crippen LogP contribution in [-0.2, 0) is 17.6 Å². The highest BCUT2D eigenvalue weighted by atomic mass is 16.5. The first-order valence-electron chi connectivity index (χ1n) is 6.74. The number of ether oxygens (including phenoxy) is 1. The van der Waals surface area contributed by atoms with Crippen molar-refractivity contribution >= 4 is 11.8 Å². The topological polar surface area (TPSA) is 70.1 Å². The molecular weight excluding hydrogens is 254 g/mol. The Kier molecular flexibility index (Phi) is 3.18. The lowest BCUT2D eigenvalue weighted by Crippen LogP contribution is -2.11. The minimum absolute atomic E-state index is 0.168. The molecule has 0 unspecified atom stereocenters. The van der Waals surface area contributed by atoms with E-state index in [1.807, 2.05) is 12.1 Å². The molecule has 1 aliphatic carbocycles. The summed E-state index contributed by atoms with van der Waals surface area (Å²) in [5.74, 6) is -0.179. The molecule has 0 fully saturated rings. The summed E-state index contributed by atoms with van der Waals surface area (Å²) in [4.78, 5) is 15.7. The Morgan fingerprint density at radius 2 is 2.15 bits per heavy atom. The summed E-state index contributed by atoms with van der Waals surface area (Å²) < 4.78 is 6.46. The molecule has 0 radical (unpaired) electrons. The number of fused-ring (bicyclic) bond motifs is 1. The van der Waals surface area contributed by atoms with Gasteiger partial charge in [-0.3, -0.25) is 4.57 Å². The van der Waals surface area contributed by atoms with Crippen LogP contribution in [0.5, 0.6) is 0 Å². The SMILES string of the molecule is COC(=O)c1ncn(-c2cccc3c2CCCC3)c1N. The molecule has 0 amide bonds. The highest BCUT2D eigenvalue weighted by Gasteiger charge is 2.20. The molecule has 0 spiro atoms. The number of anilines is 1. The molecule has 2 aromatic rings. The molecule has 104 valence electrons.